The van der Waals surface area contributed by atoms with Gasteiger partial charge in [0, 0.05) is 14.1 Å². The fourth-order valence-corrected chi connectivity index (χ4v) is 3.51. The molecule has 23 heavy (non-hydrogen) atoms. The first-order valence-electron chi connectivity index (χ1n) is 6.77. The smallest absolute Gasteiger partial charge is 0.266 e. The molecule has 0 unspecified atom stereocenters. The van der Waals surface area contributed by atoms with Crippen LogP contribution in [-0.4, -0.2) is 43.8 Å². The summed E-state index contributed by atoms with van der Waals surface area (Å²) in [5.74, 6) is 1.12. The summed E-state index contributed by atoms with van der Waals surface area (Å²) in [6.45, 7) is 4.01. The van der Waals surface area contributed by atoms with Crippen LogP contribution in [0.25, 0.3) is 6.08 Å². The number of nitrogens with zero attached hydrogens (tertiary/aromatic N) is 2. The number of carbonyl (C=O) groups is 1. The van der Waals surface area contributed by atoms with Crippen LogP contribution >= 0.6 is 27.7 Å². The van der Waals surface area contributed by atoms with Gasteiger partial charge in [0.2, 0.25) is 0 Å². The van der Waals surface area contributed by atoms with Gasteiger partial charge in [-0.2, -0.15) is 0 Å². The maximum Gasteiger partial charge on any atom is 0.266 e. The Morgan fingerprint density at radius 1 is 1.48 bits per heavy atom. The molecule has 0 aliphatic carbocycles. The molecule has 1 heterocycles. The third kappa shape index (κ3) is 3.79. The Morgan fingerprint density at radius 2 is 2.22 bits per heavy atom. The Labute approximate surface area is 148 Å². The Balaban J connectivity index is 2.38. The van der Waals surface area contributed by atoms with Gasteiger partial charge in [-0.15, -0.1) is 0 Å². The third-order valence-corrected chi connectivity index (χ3v) is 4.83. The molecule has 7 heteroatoms. The average molecular weight is 397 g/mol. The first-order valence-corrected chi connectivity index (χ1v) is 8.38. The van der Waals surface area contributed by atoms with Crippen molar-refractivity contribution in [1.82, 2.24) is 4.90 Å². The summed E-state index contributed by atoms with van der Waals surface area (Å²) in [6, 6.07) is 3.70. The summed E-state index contributed by atoms with van der Waals surface area (Å²) in [4.78, 5) is 18.4. The Hall–Kier alpha value is -1.73. The second kappa shape index (κ2) is 7.70. The molecule has 2 rings (SSSR count). The van der Waals surface area contributed by atoms with E-state index in [0.717, 1.165) is 10.0 Å². The van der Waals surface area contributed by atoms with Gasteiger partial charge in [0.25, 0.3) is 5.91 Å². The number of amides is 1. The zero-order valence-corrected chi connectivity index (χ0v) is 15.5. The summed E-state index contributed by atoms with van der Waals surface area (Å²) in [6.07, 6.45) is 3.48. The maximum absolute atomic E-state index is 12.2. The summed E-state index contributed by atoms with van der Waals surface area (Å²) >= 11 is 4.82. The van der Waals surface area contributed by atoms with Gasteiger partial charge in [0.05, 0.1) is 16.5 Å². The maximum atomic E-state index is 12.2. The molecular formula is C16H17BrN2O3S. The number of likely N-dealkylation sites (N-methyl/N-ethyl adjacent to an activating group) is 1. The largest absolute Gasteiger partial charge is 0.493 e. The molecule has 0 bridgehead atoms. The Bertz CT molecular complexity index is 701. The van der Waals surface area contributed by atoms with Crippen LogP contribution in [0.4, 0.5) is 0 Å². The van der Waals surface area contributed by atoms with Gasteiger partial charge in [-0.1, -0.05) is 12.7 Å². The quantitative estimate of drug-likeness (QED) is 0.563. The topological polar surface area (TPSA) is 51.1 Å². The van der Waals surface area contributed by atoms with Crippen LogP contribution in [0.1, 0.15) is 5.56 Å². The zero-order chi connectivity index (χ0) is 17.0. The van der Waals surface area contributed by atoms with E-state index in [4.69, 9.17) is 9.47 Å². The standard InChI is InChI=1S/C16H17BrN2O3S/c1-5-6-22-14-11(17)7-10(8-12(14)21-4)9-13-15(20)19(3)16(18-2)23-13/h5,7-9H,1,6H2,2-4H3/b13-9+,18-16?. The number of methoxy groups -OCH3 is 1. The molecule has 5 nitrogen and oxygen atoms in total. The molecule has 1 aromatic carbocycles. The molecule has 1 aliphatic rings. The predicted molar refractivity (Wildman–Crippen MR) is 98.1 cm³/mol. The molecule has 0 atom stereocenters. The fraction of sp³-hybridized carbons (Fsp3) is 0.250. The predicted octanol–water partition coefficient (Wildman–Crippen LogP) is 3.55. The van der Waals surface area contributed by atoms with Crippen molar-refractivity contribution in [2.24, 2.45) is 4.99 Å². The van der Waals surface area contributed by atoms with Gasteiger partial charge in [-0.3, -0.25) is 14.7 Å². The SMILES string of the molecule is C=CCOc1c(Br)cc(/C=C2/SC(=NC)N(C)C2=O)cc1OC. The van der Waals surface area contributed by atoms with Crippen molar-refractivity contribution in [3.8, 4) is 11.5 Å². The van der Waals surface area contributed by atoms with Crippen molar-refractivity contribution < 1.29 is 14.3 Å². The van der Waals surface area contributed by atoms with Gasteiger partial charge in [0.15, 0.2) is 16.7 Å². The molecule has 0 N–H and O–H groups in total. The third-order valence-electron chi connectivity index (χ3n) is 3.09. The lowest BCUT2D eigenvalue weighted by Crippen LogP contribution is -2.23. The number of amidine groups is 1. The second-order valence-electron chi connectivity index (χ2n) is 4.61. The number of benzene rings is 1. The molecule has 1 saturated heterocycles. The van der Waals surface area contributed by atoms with Crippen molar-refractivity contribution >= 4 is 44.8 Å². The van der Waals surface area contributed by atoms with Crippen LogP contribution in [0.2, 0.25) is 0 Å². The van der Waals surface area contributed by atoms with E-state index < -0.39 is 0 Å². The molecule has 122 valence electrons. The van der Waals surface area contributed by atoms with Gasteiger partial charge >= 0.3 is 0 Å². The van der Waals surface area contributed by atoms with Crippen LogP contribution < -0.4 is 9.47 Å². The highest BCUT2D eigenvalue weighted by Crippen LogP contribution is 2.38. The molecule has 1 fully saturated rings. The summed E-state index contributed by atoms with van der Waals surface area (Å²) in [7, 11) is 4.95. The number of hydrogen-bond donors (Lipinski definition) is 0. The van der Waals surface area contributed by atoms with E-state index in [2.05, 4.69) is 27.5 Å². The Morgan fingerprint density at radius 3 is 2.78 bits per heavy atom. The lowest BCUT2D eigenvalue weighted by molar-refractivity contribution is -0.121. The van der Waals surface area contributed by atoms with Crippen molar-refractivity contribution in [2.75, 3.05) is 27.8 Å². The molecule has 0 spiro atoms. The van der Waals surface area contributed by atoms with Crippen molar-refractivity contribution in [1.29, 1.82) is 0 Å². The molecule has 0 radical (unpaired) electrons. The average Bonchev–Trinajstić information content (AvgIpc) is 2.81. The summed E-state index contributed by atoms with van der Waals surface area (Å²) in [5.41, 5.74) is 0.835. The van der Waals surface area contributed by atoms with E-state index in [1.165, 1.54) is 16.7 Å². The number of thioether (sulfide) groups is 1. The van der Waals surface area contributed by atoms with Crippen molar-refractivity contribution in [2.45, 2.75) is 0 Å². The summed E-state index contributed by atoms with van der Waals surface area (Å²) in [5, 5.41) is 0.679. The summed E-state index contributed by atoms with van der Waals surface area (Å²) < 4.78 is 11.7. The number of ether oxygens (including phenoxy) is 2. The second-order valence-corrected chi connectivity index (χ2v) is 6.48. The minimum atomic E-state index is -0.0716. The fourth-order valence-electron chi connectivity index (χ4n) is 2.01. The number of hydrogen-bond acceptors (Lipinski definition) is 5. The van der Waals surface area contributed by atoms with Gasteiger partial charge in [-0.25, -0.2) is 0 Å². The number of rotatable bonds is 5. The van der Waals surface area contributed by atoms with Crippen LogP contribution in [0.5, 0.6) is 11.5 Å². The van der Waals surface area contributed by atoms with E-state index >= 15 is 0 Å². The number of halogens is 1. The highest BCUT2D eigenvalue weighted by atomic mass is 79.9. The lowest BCUT2D eigenvalue weighted by Gasteiger charge is -2.12. The van der Waals surface area contributed by atoms with Gasteiger partial charge in [0.1, 0.15) is 6.61 Å². The van der Waals surface area contributed by atoms with E-state index in [1.54, 1.807) is 27.3 Å². The molecule has 1 aromatic rings. The zero-order valence-electron chi connectivity index (χ0n) is 13.1. The monoisotopic (exact) mass is 396 g/mol. The van der Waals surface area contributed by atoms with E-state index in [1.807, 2.05) is 18.2 Å². The molecule has 1 amide bonds. The Kier molecular flexibility index (Phi) is 5.90. The number of aliphatic imine (C=N–C) groups is 1. The highest BCUT2D eigenvalue weighted by Gasteiger charge is 2.29. The lowest BCUT2D eigenvalue weighted by atomic mass is 10.2. The van der Waals surface area contributed by atoms with Crippen LogP contribution in [0, 0.1) is 0 Å². The first kappa shape index (κ1) is 17.6. The minimum absolute atomic E-state index is 0.0716. The highest BCUT2D eigenvalue weighted by molar-refractivity contribution is 9.10. The van der Waals surface area contributed by atoms with Crippen LogP contribution in [0.3, 0.4) is 0 Å². The minimum Gasteiger partial charge on any atom is -0.493 e. The van der Waals surface area contributed by atoms with E-state index in [-0.39, 0.29) is 5.91 Å². The molecule has 0 saturated carbocycles. The van der Waals surface area contributed by atoms with Gasteiger partial charge < -0.3 is 9.47 Å². The molecule has 0 aromatic heterocycles. The van der Waals surface area contributed by atoms with Gasteiger partial charge in [-0.05, 0) is 51.5 Å². The van der Waals surface area contributed by atoms with E-state index in [9.17, 15) is 4.79 Å². The van der Waals surface area contributed by atoms with Crippen LogP contribution in [0.15, 0.2) is 39.2 Å². The van der Waals surface area contributed by atoms with Crippen molar-refractivity contribution in [3.63, 3.8) is 0 Å². The molecule has 1 aliphatic heterocycles. The number of carbonyl (C=O) groups excluding carboxylic acids is 1. The van der Waals surface area contributed by atoms with Crippen LogP contribution in [-0.2, 0) is 4.79 Å². The normalized spacial score (nSPS) is 17.9. The molecular weight excluding hydrogens is 380 g/mol. The van der Waals surface area contributed by atoms with E-state index in [0.29, 0.717) is 28.2 Å². The first-order chi connectivity index (χ1) is 11.0. The van der Waals surface area contributed by atoms with Crippen molar-refractivity contribution in [3.05, 3.63) is 39.7 Å².